The Morgan fingerprint density at radius 1 is 1.13 bits per heavy atom. The number of benzene rings is 2. The molecule has 0 aliphatic carbocycles. The number of hydrogen-bond acceptors (Lipinski definition) is 5. The van der Waals surface area contributed by atoms with Gasteiger partial charge in [0.15, 0.2) is 0 Å². The molecule has 0 spiro atoms. The van der Waals surface area contributed by atoms with Gasteiger partial charge in [0.05, 0.1) is 22.2 Å². The average Bonchev–Trinajstić information content (AvgIpc) is 2.76. The van der Waals surface area contributed by atoms with Crippen LogP contribution in [0.2, 0.25) is 5.02 Å². The van der Waals surface area contributed by atoms with Crippen molar-refractivity contribution in [2.24, 2.45) is 0 Å². The molecular formula is C22H28ClN3O4S. The summed E-state index contributed by atoms with van der Waals surface area (Å²) in [5.41, 5.74) is 0.290. The number of ether oxygens (including phenoxy) is 1. The lowest BCUT2D eigenvalue weighted by atomic mass is 10.2. The summed E-state index contributed by atoms with van der Waals surface area (Å²) >= 11 is 6.21. The summed E-state index contributed by atoms with van der Waals surface area (Å²) in [5, 5.41) is 3.02. The third-order valence-electron chi connectivity index (χ3n) is 5.06. The van der Waals surface area contributed by atoms with Crippen LogP contribution in [-0.4, -0.2) is 63.4 Å². The van der Waals surface area contributed by atoms with E-state index < -0.39 is 10.0 Å². The quantitative estimate of drug-likeness (QED) is 0.613. The number of rotatable bonds is 9. The number of hydrogen-bond donors (Lipinski definition) is 1. The third-order valence-corrected chi connectivity index (χ3v) is 7.29. The highest BCUT2D eigenvalue weighted by Gasteiger charge is 2.26. The molecular weight excluding hydrogens is 438 g/mol. The first kappa shape index (κ1) is 23.5. The first-order chi connectivity index (χ1) is 14.9. The third kappa shape index (κ3) is 6.67. The summed E-state index contributed by atoms with van der Waals surface area (Å²) < 4.78 is 32.9. The van der Waals surface area contributed by atoms with Crippen LogP contribution in [0.15, 0.2) is 53.4 Å². The summed E-state index contributed by atoms with van der Waals surface area (Å²) in [7, 11) is -1.79. The van der Waals surface area contributed by atoms with Gasteiger partial charge in [-0.05, 0) is 50.2 Å². The lowest BCUT2D eigenvalue weighted by Gasteiger charge is -2.26. The normalized spacial score (nSPS) is 15.1. The number of carbonyl (C=O) groups excluding carboxylic acids is 1. The molecule has 1 heterocycles. The Balaban J connectivity index is 1.56. The first-order valence-electron chi connectivity index (χ1n) is 10.3. The van der Waals surface area contributed by atoms with Gasteiger partial charge < -0.3 is 10.1 Å². The Hall–Kier alpha value is -2.13. The first-order valence-corrected chi connectivity index (χ1v) is 12.1. The molecule has 0 aromatic heterocycles. The maximum atomic E-state index is 12.9. The number of likely N-dealkylation sites (N-methyl/N-ethyl adjacent to an activating group) is 1. The van der Waals surface area contributed by atoms with Crippen molar-refractivity contribution in [3.63, 3.8) is 0 Å². The van der Waals surface area contributed by atoms with Crippen LogP contribution in [0.5, 0.6) is 5.75 Å². The number of nitrogens with one attached hydrogen (secondary N) is 1. The maximum Gasteiger partial charge on any atom is 0.243 e. The summed E-state index contributed by atoms with van der Waals surface area (Å²) in [6, 6.07) is 13.9. The van der Waals surface area contributed by atoms with Gasteiger partial charge >= 0.3 is 0 Å². The Labute approximate surface area is 189 Å². The molecule has 0 unspecified atom stereocenters. The highest BCUT2D eigenvalue weighted by Crippen LogP contribution is 2.28. The summed E-state index contributed by atoms with van der Waals surface area (Å²) in [6.45, 7) is 2.15. The smallest absolute Gasteiger partial charge is 0.243 e. The van der Waals surface area contributed by atoms with E-state index in [4.69, 9.17) is 16.3 Å². The predicted molar refractivity (Wildman–Crippen MR) is 122 cm³/mol. The van der Waals surface area contributed by atoms with Crippen molar-refractivity contribution < 1.29 is 17.9 Å². The Morgan fingerprint density at radius 3 is 2.55 bits per heavy atom. The fraction of sp³-hybridized carbons (Fsp3) is 0.409. The van der Waals surface area contributed by atoms with Gasteiger partial charge in [-0.2, -0.15) is 4.31 Å². The number of amides is 1. The Morgan fingerprint density at radius 2 is 1.84 bits per heavy atom. The van der Waals surface area contributed by atoms with Gasteiger partial charge in [0.1, 0.15) is 12.4 Å². The molecule has 2 aromatic carbocycles. The van der Waals surface area contributed by atoms with Gasteiger partial charge in [-0.15, -0.1) is 0 Å². The van der Waals surface area contributed by atoms with E-state index in [0.717, 1.165) is 25.0 Å². The van der Waals surface area contributed by atoms with Gasteiger partial charge in [0, 0.05) is 19.6 Å². The molecule has 7 nitrogen and oxygen atoms in total. The minimum absolute atomic E-state index is 0.123. The van der Waals surface area contributed by atoms with Gasteiger partial charge in [-0.1, -0.05) is 36.2 Å². The number of piperidine rings is 1. The van der Waals surface area contributed by atoms with Crippen molar-refractivity contribution in [1.82, 2.24) is 9.21 Å². The van der Waals surface area contributed by atoms with Crippen LogP contribution >= 0.6 is 11.6 Å². The van der Waals surface area contributed by atoms with E-state index in [1.165, 1.54) is 22.5 Å². The lowest BCUT2D eigenvalue weighted by molar-refractivity contribution is -0.117. The van der Waals surface area contributed by atoms with E-state index in [0.29, 0.717) is 37.0 Å². The molecule has 0 atom stereocenters. The van der Waals surface area contributed by atoms with Crippen LogP contribution < -0.4 is 10.1 Å². The van der Waals surface area contributed by atoms with Crippen LogP contribution in [0.25, 0.3) is 0 Å². The van der Waals surface area contributed by atoms with Crippen LogP contribution in [0.3, 0.4) is 0 Å². The minimum Gasteiger partial charge on any atom is -0.492 e. The number of carbonyl (C=O) groups is 1. The zero-order valence-corrected chi connectivity index (χ0v) is 19.2. The van der Waals surface area contributed by atoms with E-state index in [1.807, 2.05) is 42.3 Å². The molecule has 1 amide bonds. The number of anilines is 1. The second kappa shape index (κ2) is 10.9. The molecule has 1 N–H and O–H groups in total. The van der Waals surface area contributed by atoms with Crippen LogP contribution in [0.4, 0.5) is 5.69 Å². The number of para-hydroxylation sites is 1. The highest BCUT2D eigenvalue weighted by atomic mass is 35.5. The Bertz CT molecular complexity index is 980. The van der Waals surface area contributed by atoms with Crippen LogP contribution in [-0.2, 0) is 14.8 Å². The molecule has 9 heteroatoms. The molecule has 0 bridgehead atoms. The predicted octanol–water partition coefficient (Wildman–Crippen LogP) is 3.46. The largest absolute Gasteiger partial charge is 0.492 e. The van der Waals surface area contributed by atoms with Crippen LogP contribution in [0.1, 0.15) is 19.3 Å². The zero-order valence-electron chi connectivity index (χ0n) is 17.6. The van der Waals surface area contributed by atoms with Gasteiger partial charge in [0.2, 0.25) is 15.9 Å². The molecule has 0 saturated carbocycles. The molecule has 0 radical (unpaired) electrons. The van der Waals surface area contributed by atoms with Gasteiger partial charge in [-0.3, -0.25) is 9.69 Å². The van der Waals surface area contributed by atoms with E-state index >= 15 is 0 Å². The maximum absolute atomic E-state index is 12.9. The molecule has 1 aliphatic rings. The van der Waals surface area contributed by atoms with E-state index in [2.05, 4.69) is 5.32 Å². The molecule has 1 aliphatic heterocycles. The topological polar surface area (TPSA) is 79.0 Å². The fourth-order valence-corrected chi connectivity index (χ4v) is 5.07. The molecule has 31 heavy (non-hydrogen) atoms. The number of halogens is 1. The monoisotopic (exact) mass is 465 g/mol. The molecule has 3 rings (SSSR count). The average molecular weight is 466 g/mol. The zero-order chi connectivity index (χ0) is 22.3. The van der Waals surface area contributed by atoms with Crippen molar-refractivity contribution in [2.45, 2.75) is 24.2 Å². The highest BCUT2D eigenvalue weighted by molar-refractivity contribution is 7.89. The van der Waals surface area contributed by atoms with E-state index in [9.17, 15) is 13.2 Å². The van der Waals surface area contributed by atoms with Gasteiger partial charge in [-0.25, -0.2) is 8.42 Å². The second-order valence-electron chi connectivity index (χ2n) is 7.55. The van der Waals surface area contributed by atoms with Crippen molar-refractivity contribution in [3.05, 3.63) is 53.6 Å². The van der Waals surface area contributed by atoms with Crippen molar-refractivity contribution >= 4 is 33.2 Å². The second-order valence-corrected chi connectivity index (χ2v) is 9.90. The molecule has 168 valence electrons. The lowest BCUT2D eigenvalue weighted by Crippen LogP contribution is -2.35. The number of nitrogens with zero attached hydrogens (tertiary/aromatic N) is 2. The Kier molecular flexibility index (Phi) is 8.31. The fourth-order valence-electron chi connectivity index (χ4n) is 3.36. The minimum atomic E-state index is -3.60. The van der Waals surface area contributed by atoms with Crippen molar-refractivity contribution in [2.75, 3.05) is 45.2 Å². The molecule has 1 fully saturated rings. The van der Waals surface area contributed by atoms with Crippen molar-refractivity contribution in [3.8, 4) is 5.75 Å². The standard InChI is InChI=1S/C22H28ClN3O4S/c1-25(14-15-30-18-8-4-2-5-9-18)17-22(27)24-21-16-19(10-11-20(21)23)31(28,29)26-12-6-3-7-13-26/h2,4-5,8-11,16H,3,6-7,12-15,17H2,1H3,(H,24,27). The SMILES string of the molecule is CN(CCOc1ccccc1)CC(=O)Nc1cc(S(=O)(=O)N2CCCCC2)ccc1Cl. The summed E-state index contributed by atoms with van der Waals surface area (Å²) in [6.07, 6.45) is 2.76. The van der Waals surface area contributed by atoms with E-state index in [1.54, 1.807) is 0 Å². The van der Waals surface area contributed by atoms with E-state index in [-0.39, 0.29) is 17.3 Å². The molecule has 1 saturated heterocycles. The number of sulfonamides is 1. The van der Waals surface area contributed by atoms with Crippen molar-refractivity contribution in [1.29, 1.82) is 0 Å². The van der Waals surface area contributed by atoms with Gasteiger partial charge in [0.25, 0.3) is 0 Å². The molecule has 2 aromatic rings. The summed E-state index contributed by atoms with van der Waals surface area (Å²) in [5.74, 6) is 0.496. The van der Waals surface area contributed by atoms with Crippen LogP contribution in [0, 0.1) is 0 Å². The summed E-state index contributed by atoms with van der Waals surface area (Å²) in [4.78, 5) is 14.4.